The lowest BCUT2D eigenvalue weighted by atomic mass is 10.1. The minimum Gasteiger partial charge on any atom is -0.372 e. The average Bonchev–Trinajstić information content (AvgIpc) is 2.20. The molecular formula is C12H22N2. The molecule has 0 aliphatic carbocycles. The smallest absolute Gasteiger partial charge is 0.104 e. The van der Waals surface area contributed by atoms with E-state index in [2.05, 4.69) is 43.4 Å². The number of rotatable bonds is 5. The number of allylic oxidation sites excluding steroid dienone is 2. The highest BCUT2D eigenvalue weighted by molar-refractivity contribution is 5.20. The van der Waals surface area contributed by atoms with Crippen LogP contribution in [0.1, 0.15) is 39.5 Å². The van der Waals surface area contributed by atoms with Crippen molar-refractivity contribution in [3.05, 3.63) is 23.7 Å². The number of hydrogen-bond donors (Lipinski definition) is 1. The maximum Gasteiger partial charge on any atom is 0.104 e. The zero-order chi connectivity index (χ0) is 10.4. The van der Waals surface area contributed by atoms with Gasteiger partial charge in [0.25, 0.3) is 0 Å². The summed E-state index contributed by atoms with van der Waals surface area (Å²) in [6, 6.07) is 0. The number of unbranched alkanes of at least 4 members (excludes halogenated alkanes) is 1. The van der Waals surface area contributed by atoms with Gasteiger partial charge in [0, 0.05) is 19.8 Å². The fourth-order valence-corrected chi connectivity index (χ4v) is 1.72. The van der Waals surface area contributed by atoms with Crippen molar-refractivity contribution >= 4 is 0 Å². The van der Waals surface area contributed by atoms with E-state index >= 15 is 0 Å². The quantitative estimate of drug-likeness (QED) is 0.677. The van der Waals surface area contributed by atoms with E-state index in [0.29, 0.717) is 0 Å². The first-order valence-corrected chi connectivity index (χ1v) is 5.65. The van der Waals surface area contributed by atoms with Crippen molar-refractivity contribution in [2.24, 2.45) is 0 Å². The fourth-order valence-electron chi connectivity index (χ4n) is 1.72. The van der Waals surface area contributed by atoms with Crippen LogP contribution in [0.2, 0.25) is 0 Å². The summed E-state index contributed by atoms with van der Waals surface area (Å²) in [6.07, 6.45) is 9.12. The molecule has 0 spiro atoms. The molecule has 14 heavy (non-hydrogen) atoms. The minimum atomic E-state index is 1.09. The van der Waals surface area contributed by atoms with E-state index in [1.165, 1.54) is 24.2 Å². The zero-order valence-corrected chi connectivity index (χ0v) is 9.64. The third-order valence-corrected chi connectivity index (χ3v) is 2.63. The second-order valence-corrected chi connectivity index (χ2v) is 3.79. The van der Waals surface area contributed by atoms with E-state index in [1.54, 1.807) is 0 Å². The van der Waals surface area contributed by atoms with Crippen LogP contribution in [0, 0.1) is 0 Å². The summed E-state index contributed by atoms with van der Waals surface area (Å²) in [6.45, 7) is 5.54. The number of nitrogens with zero attached hydrogens (tertiary/aromatic N) is 1. The molecule has 0 amide bonds. The van der Waals surface area contributed by atoms with Crippen molar-refractivity contribution in [2.45, 2.75) is 39.5 Å². The van der Waals surface area contributed by atoms with E-state index in [1.807, 2.05) is 0 Å². The van der Waals surface area contributed by atoms with Crippen LogP contribution < -0.4 is 5.32 Å². The van der Waals surface area contributed by atoms with Crippen LogP contribution in [0.3, 0.4) is 0 Å². The lowest BCUT2D eigenvalue weighted by molar-refractivity contribution is 0.475. The molecule has 2 heteroatoms. The van der Waals surface area contributed by atoms with Gasteiger partial charge in [-0.2, -0.15) is 0 Å². The summed E-state index contributed by atoms with van der Waals surface area (Å²) < 4.78 is 0. The standard InChI is InChI=1S/C12H22N2/c1-4-6-9-13-12-11(5-2)8-7-10-14(12)3/h7,10,13H,4-6,8-9H2,1-3H3. The van der Waals surface area contributed by atoms with E-state index in [9.17, 15) is 0 Å². The Hall–Kier alpha value is -0.920. The molecule has 0 atom stereocenters. The van der Waals surface area contributed by atoms with Crippen molar-refractivity contribution in [2.75, 3.05) is 13.6 Å². The second kappa shape index (κ2) is 5.74. The molecule has 0 saturated carbocycles. The van der Waals surface area contributed by atoms with Gasteiger partial charge in [-0.05, 0) is 24.8 Å². The molecule has 0 unspecified atom stereocenters. The van der Waals surface area contributed by atoms with Crippen LogP contribution >= 0.6 is 0 Å². The lowest BCUT2D eigenvalue weighted by Gasteiger charge is -2.26. The van der Waals surface area contributed by atoms with Crippen LogP contribution in [-0.2, 0) is 0 Å². The first kappa shape index (κ1) is 11.2. The van der Waals surface area contributed by atoms with Crippen LogP contribution in [0.15, 0.2) is 23.7 Å². The summed E-state index contributed by atoms with van der Waals surface area (Å²) in [5.74, 6) is 1.32. The maximum absolute atomic E-state index is 3.53. The summed E-state index contributed by atoms with van der Waals surface area (Å²) >= 11 is 0. The van der Waals surface area contributed by atoms with Gasteiger partial charge in [0.05, 0.1) is 0 Å². The Bertz CT molecular complexity index is 228. The predicted octanol–water partition coefficient (Wildman–Crippen LogP) is 2.85. The van der Waals surface area contributed by atoms with Crippen LogP contribution in [0.4, 0.5) is 0 Å². The minimum absolute atomic E-state index is 1.09. The monoisotopic (exact) mass is 194 g/mol. The molecule has 0 radical (unpaired) electrons. The molecule has 0 fully saturated rings. The predicted molar refractivity (Wildman–Crippen MR) is 61.7 cm³/mol. The van der Waals surface area contributed by atoms with Gasteiger partial charge in [0.2, 0.25) is 0 Å². The molecule has 1 aliphatic rings. The normalized spacial score (nSPS) is 16.4. The second-order valence-electron chi connectivity index (χ2n) is 3.79. The molecular weight excluding hydrogens is 172 g/mol. The topological polar surface area (TPSA) is 15.3 Å². The Morgan fingerprint density at radius 2 is 2.21 bits per heavy atom. The van der Waals surface area contributed by atoms with Crippen LogP contribution in [0.25, 0.3) is 0 Å². The Labute approximate surface area is 87.7 Å². The number of hydrogen-bond acceptors (Lipinski definition) is 2. The molecule has 0 bridgehead atoms. The molecule has 1 N–H and O–H groups in total. The first-order chi connectivity index (χ1) is 6.79. The molecule has 0 saturated heterocycles. The Morgan fingerprint density at radius 1 is 1.43 bits per heavy atom. The Balaban J connectivity index is 2.55. The highest BCUT2D eigenvalue weighted by atomic mass is 15.2. The molecule has 1 rings (SSSR count). The van der Waals surface area contributed by atoms with Crippen molar-refractivity contribution in [1.29, 1.82) is 0 Å². The molecule has 0 aromatic carbocycles. The molecule has 0 aromatic heterocycles. The molecule has 80 valence electrons. The van der Waals surface area contributed by atoms with Gasteiger partial charge in [-0.15, -0.1) is 0 Å². The van der Waals surface area contributed by atoms with Crippen molar-refractivity contribution in [3.63, 3.8) is 0 Å². The Morgan fingerprint density at radius 3 is 2.86 bits per heavy atom. The Kier molecular flexibility index (Phi) is 4.57. The van der Waals surface area contributed by atoms with E-state index < -0.39 is 0 Å². The van der Waals surface area contributed by atoms with Crippen molar-refractivity contribution < 1.29 is 0 Å². The molecule has 2 nitrogen and oxygen atoms in total. The first-order valence-electron chi connectivity index (χ1n) is 5.65. The van der Waals surface area contributed by atoms with Crippen molar-refractivity contribution in [1.82, 2.24) is 10.2 Å². The highest BCUT2D eigenvalue weighted by Gasteiger charge is 2.10. The van der Waals surface area contributed by atoms with Crippen LogP contribution in [0.5, 0.6) is 0 Å². The summed E-state index contributed by atoms with van der Waals surface area (Å²) in [5, 5.41) is 3.53. The number of nitrogens with one attached hydrogen (secondary N) is 1. The summed E-state index contributed by atoms with van der Waals surface area (Å²) in [5.41, 5.74) is 1.52. The van der Waals surface area contributed by atoms with Gasteiger partial charge in [-0.3, -0.25) is 0 Å². The van der Waals surface area contributed by atoms with Gasteiger partial charge in [0.15, 0.2) is 0 Å². The summed E-state index contributed by atoms with van der Waals surface area (Å²) in [7, 11) is 2.11. The maximum atomic E-state index is 3.53. The van der Waals surface area contributed by atoms with Gasteiger partial charge in [-0.1, -0.05) is 26.3 Å². The van der Waals surface area contributed by atoms with Gasteiger partial charge in [-0.25, -0.2) is 0 Å². The summed E-state index contributed by atoms with van der Waals surface area (Å²) in [4.78, 5) is 2.19. The third-order valence-electron chi connectivity index (χ3n) is 2.63. The van der Waals surface area contributed by atoms with E-state index in [4.69, 9.17) is 0 Å². The lowest BCUT2D eigenvalue weighted by Crippen LogP contribution is -2.29. The molecule has 0 aromatic rings. The van der Waals surface area contributed by atoms with E-state index in [0.717, 1.165) is 19.4 Å². The van der Waals surface area contributed by atoms with Gasteiger partial charge >= 0.3 is 0 Å². The van der Waals surface area contributed by atoms with Gasteiger partial charge in [0.1, 0.15) is 5.82 Å². The fraction of sp³-hybridized carbons (Fsp3) is 0.667. The van der Waals surface area contributed by atoms with E-state index in [-0.39, 0.29) is 0 Å². The van der Waals surface area contributed by atoms with Crippen molar-refractivity contribution in [3.8, 4) is 0 Å². The van der Waals surface area contributed by atoms with Gasteiger partial charge < -0.3 is 10.2 Å². The zero-order valence-electron chi connectivity index (χ0n) is 9.64. The van der Waals surface area contributed by atoms with Crippen LogP contribution in [-0.4, -0.2) is 18.5 Å². The highest BCUT2D eigenvalue weighted by Crippen LogP contribution is 2.19. The molecule has 1 heterocycles. The SMILES string of the molecule is CCCCNC1=C(CC)CC=CN1C. The average molecular weight is 194 g/mol. The molecule has 1 aliphatic heterocycles. The largest absolute Gasteiger partial charge is 0.372 e. The third kappa shape index (κ3) is 2.79.